The first-order chi connectivity index (χ1) is 9.10. The number of nitrogen functional groups attached to an aromatic ring is 1. The Hall–Kier alpha value is -2.21. The summed E-state index contributed by atoms with van der Waals surface area (Å²) < 4.78 is 0. The summed E-state index contributed by atoms with van der Waals surface area (Å²) in [5.41, 5.74) is 6.93. The van der Waals surface area contributed by atoms with E-state index >= 15 is 0 Å². The average molecular weight is 275 g/mol. The van der Waals surface area contributed by atoms with Crippen LogP contribution in [0.3, 0.4) is 0 Å². The third-order valence-electron chi connectivity index (χ3n) is 2.50. The highest BCUT2D eigenvalue weighted by molar-refractivity contribution is 7.98. The van der Waals surface area contributed by atoms with Crippen molar-refractivity contribution in [3.05, 3.63) is 42.1 Å². The summed E-state index contributed by atoms with van der Waals surface area (Å²) in [6.45, 7) is 0. The summed E-state index contributed by atoms with van der Waals surface area (Å²) in [6, 6.07) is 10.6. The van der Waals surface area contributed by atoms with E-state index in [2.05, 4.69) is 10.3 Å². The van der Waals surface area contributed by atoms with Gasteiger partial charge in [0.15, 0.2) is 11.5 Å². The molecule has 0 atom stereocenters. The maximum atomic E-state index is 10.9. The van der Waals surface area contributed by atoms with Gasteiger partial charge in [-0.15, -0.1) is 11.8 Å². The zero-order chi connectivity index (χ0) is 13.8. The number of nitrogens with two attached hydrogens (primary N) is 1. The van der Waals surface area contributed by atoms with Crippen molar-refractivity contribution in [2.24, 2.45) is 0 Å². The van der Waals surface area contributed by atoms with E-state index < -0.39 is 5.97 Å². The summed E-state index contributed by atoms with van der Waals surface area (Å²) in [5.74, 6) is -0.738. The Morgan fingerprint density at radius 2 is 1.95 bits per heavy atom. The van der Waals surface area contributed by atoms with Crippen molar-refractivity contribution in [3.63, 3.8) is 0 Å². The molecule has 1 heterocycles. The normalized spacial score (nSPS) is 10.2. The number of nitrogens with one attached hydrogen (secondary N) is 1. The van der Waals surface area contributed by atoms with Crippen LogP contribution in [0.1, 0.15) is 10.5 Å². The van der Waals surface area contributed by atoms with Crippen molar-refractivity contribution in [2.45, 2.75) is 4.90 Å². The molecule has 19 heavy (non-hydrogen) atoms. The number of carbonyl (C=O) groups is 1. The second kappa shape index (κ2) is 5.62. The highest BCUT2D eigenvalue weighted by Crippen LogP contribution is 2.23. The fourth-order valence-corrected chi connectivity index (χ4v) is 1.91. The van der Waals surface area contributed by atoms with Crippen LogP contribution in [-0.4, -0.2) is 22.3 Å². The SMILES string of the molecule is CSc1ccc(Nc2nc(C(=O)O)ccc2N)cc1. The lowest BCUT2D eigenvalue weighted by atomic mass is 10.3. The number of aromatic carboxylic acids is 1. The lowest BCUT2D eigenvalue weighted by Gasteiger charge is -2.09. The summed E-state index contributed by atoms with van der Waals surface area (Å²) in [4.78, 5) is 16.0. The number of anilines is 3. The van der Waals surface area contributed by atoms with Gasteiger partial charge in [-0.25, -0.2) is 9.78 Å². The molecule has 0 amide bonds. The van der Waals surface area contributed by atoms with E-state index in [0.29, 0.717) is 11.5 Å². The van der Waals surface area contributed by atoms with E-state index in [0.717, 1.165) is 10.6 Å². The van der Waals surface area contributed by atoms with Gasteiger partial charge >= 0.3 is 5.97 Å². The minimum Gasteiger partial charge on any atom is -0.477 e. The lowest BCUT2D eigenvalue weighted by molar-refractivity contribution is 0.0690. The topological polar surface area (TPSA) is 88.2 Å². The van der Waals surface area contributed by atoms with Gasteiger partial charge in [-0.2, -0.15) is 0 Å². The standard InChI is InChI=1S/C13H13N3O2S/c1-19-9-4-2-8(3-5-9)15-12-10(14)6-7-11(16-12)13(17)18/h2-7H,14H2,1H3,(H,15,16)(H,17,18). The number of benzene rings is 1. The van der Waals surface area contributed by atoms with Crippen LogP contribution in [0.2, 0.25) is 0 Å². The van der Waals surface area contributed by atoms with E-state index in [1.165, 1.54) is 12.1 Å². The first kappa shape index (κ1) is 13.2. The van der Waals surface area contributed by atoms with Gasteiger partial charge in [0.2, 0.25) is 0 Å². The van der Waals surface area contributed by atoms with Gasteiger partial charge in [0.05, 0.1) is 5.69 Å². The number of thioether (sulfide) groups is 1. The van der Waals surface area contributed by atoms with Crippen LogP contribution in [0, 0.1) is 0 Å². The number of carboxylic acid groups (broad SMARTS) is 1. The first-order valence-electron chi connectivity index (χ1n) is 5.51. The molecule has 1 aromatic heterocycles. The molecular weight excluding hydrogens is 262 g/mol. The Morgan fingerprint density at radius 3 is 2.53 bits per heavy atom. The Morgan fingerprint density at radius 1 is 1.26 bits per heavy atom. The third kappa shape index (κ3) is 3.17. The number of carboxylic acids is 1. The van der Waals surface area contributed by atoms with Crippen molar-refractivity contribution < 1.29 is 9.90 Å². The van der Waals surface area contributed by atoms with E-state index in [9.17, 15) is 4.79 Å². The Balaban J connectivity index is 2.26. The molecule has 0 saturated carbocycles. The largest absolute Gasteiger partial charge is 0.477 e. The van der Waals surface area contributed by atoms with Crippen molar-refractivity contribution in [1.29, 1.82) is 0 Å². The zero-order valence-corrected chi connectivity index (χ0v) is 11.1. The minimum absolute atomic E-state index is 0.0440. The zero-order valence-electron chi connectivity index (χ0n) is 10.3. The molecule has 0 aliphatic carbocycles. The summed E-state index contributed by atoms with van der Waals surface area (Å²) in [5, 5.41) is 11.9. The molecule has 2 aromatic rings. The molecule has 0 spiro atoms. The molecule has 0 aliphatic heterocycles. The van der Waals surface area contributed by atoms with Gasteiger partial charge in [-0.3, -0.25) is 0 Å². The molecule has 6 heteroatoms. The molecule has 1 aromatic carbocycles. The molecule has 0 fully saturated rings. The number of hydrogen-bond donors (Lipinski definition) is 3. The molecule has 0 aliphatic rings. The quantitative estimate of drug-likeness (QED) is 0.744. The number of hydrogen-bond acceptors (Lipinski definition) is 5. The third-order valence-corrected chi connectivity index (χ3v) is 3.24. The van der Waals surface area contributed by atoms with Gasteiger partial charge in [0.25, 0.3) is 0 Å². The Kier molecular flexibility index (Phi) is 3.91. The van der Waals surface area contributed by atoms with Crippen molar-refractivity contribution in [3.8, 4) is 0 Å². The first-order valence-corrected chi connectivity index (χ1v) is 6.73. The highest BCUT2D eigenvalue weighted by Gasteiger charge is 2.08. The van der Waals surface area contributed by atoms with Gasteiger partial charge in [0, 0.05) is 10.6 Å². The fraction of sp³-hybridized carbons (Fsp3) is 0.0769. The Labute approximate surface area is 114 Å². The van der Waals surface area contributed by atoms with Crippen molar-refractivity contribution in [2.75, 3.05) is 17.3 Å². The second-order valence-corrected chi connectivity index (χ2v) is 4.67. The van der Waals surface area contributed by atoms with Gasteiger partial charge in [-0.05, 0) is 42.7 Å². The molecular formula is C13H13N3O2S. The van der Waals surface area contributed by atoms with Gasteiger partial charge < -0.3 is 16.2 Å². The van der Waals surface area contributed by atoms with Crippen LogP contribution in [0.4, 0.5) is 17.2 Å². The van der Waals surface area contributed by atoms with Crippen molar-refractivity contribution in [1.82, 2.24) is 4.98 Å². The monoisotopic (exact) mass is 275 g/mol. The van der Waals surface area contributed by atoms with Crippen LogP contribution >= 0.6 is 11.8 Å². The number of nitrogens with zero attached hydrogens (tertiary/aromatic N) is 1. The minimum atomic E-state index is -1.08. The van der Waals surface area contributed by atoms with Crippen LogP contribution in [0.15, 0.2) is 41.3 Å². The highest BCUT2D eigenvalue weighted by atomic mass is 32.2. The number of pyridine rings is 1. The number of rotatable bonds is 4. The van der Waals surface area contributed by atoms with Crippen LogP contribution in [-0.2, 0) is 0 Å². The fourth-order valence-electron chi connectivity index (χ4n) is 1.50. The molecule has 0 unspecified atom stereocenters. The molecule has 0 saturated heterocycles. The van der Waals surface area contributed by atoms with Crippen molar-refractivity contribution >= 4 is 34.9 Å². The van der Waals surface area contributed by atoms with E-state index in [4.69, 9.17) is 10.8 Å². The second-order valence-electron chi connectivity index (χ2n) is 3.79. The van der Waals surface area contributed by atoms with E-state index in [1.54, 1.807) is 11.8 Å². The van der Waals surface area contributed by atoms with Crippen LogP contribution in [0.25, 0.3) is 0 Å². The molecule has 98 valence electrons. The molecule has 2 rings (SSSR count). The maximum absolute atomic E-state index is 10.9. The summed E-state index contributed by atoms with van der Waals surface area (Å²) >= 11 is 1.65. The van der Waals surface area contributed by atoms with Crippen LogP contribution in [0.5, 0.6) is 0 Å². The van der Waals surface area contributed by atoms with Gasteiger partial charge in [0.1, 0.15) is 0 Å². The smallest absolute Gasteiger partial charge is 0.354 e. The van der Waals surface area contributed by atoms with Gasteiger partial charge in [-0.1, -0.05) is 0 Å². The molecule has 5 nitrogen and oxygen atoms in total. The molecule has 0 bridgehead atoms. The predicted molar refractivity (Wildman–Crippen MR) is 77.1 cm³/mol. The summed E-state index contributed by atoms with van der Waals surface area (Å²) in [7, 11) is 0. The number of aromatic nitrogens is 1. The average Bonchev–Trinajstić information content (AvgIpc) is 2.42. The lowest BCUT2D eigenvalue weighted by Crippen LogP contribution is -2.05. The van der Waals surface area contributed by atoms with Crippen LogP contribution < -0.4 is 11.1 Å². The molecule has 0 radical (unpaired) electrons. The predicted octanol–water partition coefficient (Wildman–Crippen LogP) is 2.83. The van der Waals surface area contributed by atoms with E-state index in [1.807, 2.05) is 30.5 Å². The molecule has 4 N–H and O–H groups in total. The Bertz CT molecular complexity index is 599. The maximum Gasteiger partial charge on any atom is 0.354 e. The summed E-state index contributed by atoms with van der Waals surface area (Å²) in [6.07, 6.45) is 2.00. The van der Waals surface area contributed by atoms with E-state index in [-0.39, 0.29) is 5.69 Å².